The number of hydrogen-bond acceptors (Lipinski definition) is 4. The minimum atomic E-state index is -3.66. The van der Waals surface area contributed by atoms with E-state index in [0.717, 1.165) is 12.3 Å². The topological polar surface area (TPSA) is 89.3 Å². The lowest BCUT2D eigenvalue weighted by Crippen LogP contribution is -2.30. The van der Waals surface area contributed by atoms with Gasteiger partial charge >= 0.3 is 0 Å². The van der Waals surface area contributed by atoms with E-state index in [9.17, 15) is 13.2 Å². The number of hydrogen-bond donors (Lipinski definition) is 2. The monoisotopic (exact) mass is 240 g/mol. The van der Waals surface area contributed by atoms with Crippen molar-refractivity contribution in [2.24, 2.45) is 5.73 Å². The highest BCUT2D eigenvalue weighted by atomic mass is 32.2. The number of sulfonamides is 1. The van der Waals surface area contributed by atoms with Gasteiger partial charge in [-0.05, 0) is 11.8 Å². The third-order valence-corrected chi connectivity index (χ3v) is 2.93. The second-order valence-electron chi connectivity index (χ2n) is 3.07. The van der Waals surface area contributed by atoms with E-state index in [-0.39, 0.29) is 5.75 Å². The average molecular weight is 240 g/mol. The van der Waals surface area contributed by atoms with Gasteiger partial charge in [0.2, 0.25) is 10.0 Å². The largest absolute Gasteiger partial charge is 0.404 e. The van der Waals surface area contributed by atoms with Gasteiger partial charge in [0.25, 0.3) is 5.91 Å². The maximum Gasteiger partial charge on any atom is 0.258 e. The molecule has 0 unspecified atom stereocenters. The molecule has 5 nitrogen and oxygen atoms in total. The summed E-state index contributed by atoms with van der Waals surface area (Å²) in [4.78, 5) is 11.0. The molecule has 16 heavy (non-hydrogen) atoms. The van der Waals surface area contributed by atoms with Crippen LogP contribution in [0.3, 0.4) is 0 Å². The molecule has 0 bridgehead atoms. The molecule has 1 amide bonds. The standard InChI is InChI=1S/C10H12N2O3S/c11-7-6-10(13)12-16(14,15)8-9-4-2-1-3-5-9/h1-7H,8,11H2,(H,12,13). The van der Waals surface area contributed by atoms with Gasteiger partial charge < -0.3 is 5.73 Å². The summed E-state index contributed by atoms with van der Waals surface area (Å²) >= 11 is 0. The van der Waals surface area contributed by atoms with Gasteiger partial charge in [-0.15, -0.1) is 0 Å². The van der Waals surface area contributed by atoms with Crippen LogP contribution in [0.1, 0.15) is 5.56 Å². The molecule has 0 aliphatic rings. The number of nitrogens with one attached hydrogen (secondary N) is 1. The van der Waals surface area contributed by atoms with Gasteiger partial charge in [-0.25, -0.2) is 13.1 Å². The highest BCUT2D eigenvalue weighted by molar-refractivity contribution is 7.89. The third-order valence-electron chi connectivity index (χ3n) is 1.70. The van der Waals surface area contributed by atoms with Crippen molar-refractivity contribution in [1.29, 1.82) is 0 Å². The van der Waals surface area contributed by atoms with Crippen molar-refractivity contribution in [3.05, 3.63) is 48.2 Å². The lowest BCUT2D eigenvalue weighted by Gasteiger charge is -2.04. The fourth-order valence-corrected chi connectivity index (χ4v) is 2.18. The van der Waals surface area contributed by atoms with E-state index in [1.165, 1.54) is 0 Å². The normalized spacial score (nSPS) is 11.5. The van der Waals surface area contributed by atoms with Crippen LogP contribution in [0.25, 0.3) is 0 Å². The molecule has 0 saturated carbocycles. The first-order chi connectivity index (χ1) is 7.53. The van der Waals surface area contributed by atoms with Crippen LogP contribution in [-0.4, -0.2) is 14.3 Å². The summed E-state index contributed by atoms with van der Waals surface area (Å²) in [6, 6.07) is 8.58. The molecule has 0 aliphatic heterocycles. The molecule has 3 N–H and O–H groups in total. The molecular weight excluding hydrogens is 228 g/mol. The van der Waals surface area contributed by atoms with E-state index in [1.807, 2.05) is 4.72 Å². The molecular formula is C10H12N2O3S. The predicted molar refractivity (Wildman–Crippen MR) is 60.5 cm³/mol. The van der Waals surface area contributed by atoms with Gasteiger partial charge in [0.05, 0.1) is 5.75 Å². The fraction of sp³-hybridized carbons (Fsp3) is 0.100. The molecule has 6 heteroatoms. The molecule has 0 aliphatic carbocycles. The summed E-state index contributed by atoms with van der Waals surface area (Å²) in [5.41, 5.74) is 5.58. The highest BCUT2D eigenvalue weighted by Crippen LogP contribution is 2.03. The van der Waals surface area contributed by atoms with Crippen molar-refractivity contribution in [2.75, 3.05) is 0 Å². The first-order valence-electron chi connectivity index (χ1n) is 4.50. The Bertz CT molecular complexity index is 480. The highest BCUT2D eigenvalue weighted by Gasteiger charge is 2.13. The van der Waals surface area contributed by atoms with Crippen LogP contribution >= 0.6 is 0 Å². The number of benzene rings is 1. The van der Waals surface area contributed by atoms with Crippen molar-refractivity contribution >= 4 is 15.9 Å². The fourth-order valence-electron chi connectivity index (χ4n) is 1.10. The molecule has 0 spiro atoms. The minimum absolute atomic E-state index is 0.238. The summed E-state index contributed by atoms with van der Waals surface area (Å²) in [7, 11) is -3.66. The summed E-state index contributed by atoms with van der Waals surface area (Å²) in [6.07, 6.45) is 1.93. The van der Waals surface area contributed by atoms with Crippen LogP contribution in [0, 0.1) is 0 Å². The lowest BCUT2D eigenvalue weighted by atomic mass is 10.2. The zero-order chi connectivity index (χ0) is 12.0. The molecule has 86 valence electrons. The number of carbonyl (C=O) groups excluding carboxylic acids is 1. The van der Waals surface area contributed by atoms with Crippen LogP contribution in [0.4, 0.5) is 0 Å². The number of rotatable bonds is 4. The van der Waals surface area contributed by atoms with Crippen molar-refractivity contribution in [3.8, 4) is 0 Å². The van der Waals surface area contributed by atoms with E-state index in [2.05, 4.69) is 0 Å². The Kier molecular flexibility index (Phi) is 4.07. The van der Waals surface area contributed by atoms with Gasteiger partial charge in [-0.3, -0.25) is 4.79 Å². The number of carbonyl (C=O) groups is 1. The van der Waals surface area contributed by atoms with E-state index < -0.39 is 15.9 Å². The van der Waals surface area contributed by atoms with Crippen LogP contribution in [0.5, 0.6) is 0 Å². The van der Waals surface area contributed by atoms with Crippen molar-refractivity contribution in [3.63, 3.8) is 0 Å². The SMILES string of the molecule is NC=CC(=O)NS(=O)(=O)Cc1ccccc1. The Hall–Kier alpha value is -1.82. The van der Waals surface area contributed by atoms with E-state index >= 15 is 0 Å². The Labute approximate surface area is 94.0 Å². The van der Waals surface area contributed by atoms with Crippen LogP contribution in [0.2, 0.25) is 0 Å². The van der Waals surface area contributed by atoms with Gasteiger partial charge in [0, 0.05) is 6.08 Å². The molecule has 0 heterocycles. The second-order valence-corrected chi connectivity index (χ2v) is 4.79. The zero-order valence-corrected chi connectivity index (χ0v) is 9.28. The van der Waals surface area contributed by atoms with Crippen molar-refractivity contribution in [1.82, 2.24) is 4.72 Å². The van der Waals surface area contributed by atoms with Gasteiger partial charge in [0.1, 0.15) is 0 Å². The number of nitrogens with two attached hydrogens (primary N) is 1. The Morgan fingerprint density at radius 1 is 1.31 bits per heavy atom. The Morgan fingerprint density at radius 2 is 1.94 bits per heavy atom. The Morgan fingerprint density at radius 3 is 2.50 bits per heavy atom. The lowest BCUT2D eigenvalue weighted by molar-refractivity contribution is -0.114. The summed E-state index contributed by atoms with van der Waals surface area (Å²) in [6.45, 7) is 0. The van der Waals surface area contributed by atoms with Gasteiger partial charge in [-0.1, -0.05) is 30.3 Å². The maximum absolute atomic E-state index is 11.5. The second kappa shape index (κ2) is 5.32. The summed E-state index contributed by atoms with van der Waals surface area (Å²) < 4.78 is 24.8. The molecule has 0 aromatic heterocycles. The molecule has 0 fully saturated rings. The van der Waals surface area contributed by atoms with E-state index in [0.29, 0.717) is 5.56 Å². The molecule has 0 radical (unpaired) electrons. The van der Waals surface area contributed by atoms with E-state index in [1.54, 1.807) is 30.3 Å². The minimum Gasteiger partial charge on any atom is -0.404 e. The van der Waals surface area contributed by atoms with Gasteiger partial charge in [-0.2, -0.15) is 0 Å². The maximum atomic E-state index is 11.5. The molecule has 0 atom stereocenters. The molecule has 0 saturated heterocycles. The average Bonchev–Trinajstić information content (AvgIpc) is 2.17. The summed E-state index contributed by atoms with van der Waals surface area (Å²) in [5.74, 6) is -0.990. The molecule has 1 aromatic rings. The molecule has 1 rings (SSSR count). The smallest absolute Gasteiger partial charge is 0.258 e. The predicted octanol–water partition coefficient (Wildman–Crippen LogP) is 0.105. The van der Waals surface area contributed by atoms with Crippen molar-refractivity contribution < 1.29 is 13.2 Å². The van der Waals surface area contributed by atoms with Crippen LogP contribution in [-0.2, 0) is 20.6 Å². The van der Waals surface area contributed by atoms with Crippen LogP contribution in [0.15, 0.2) is 42.6 Å². The molecule has 1 aromatic carbocycles. The van der Waals surface area contributed by atoms with Gasteiger partial charge in [0.15, 0.2) is 0 Å². The van der Waals surface area contributed by atoms with Crippen molar-refractivity contribution in [2.45, 2.75) is 5.75 Å². The third kappa shape index (κ3) is 4.14. The summed E-state index contributed by atoms with van der Waals surface area (Å²) in [5, 5.41) is 0. The first-order valence-corrected chi connectivity index (χ1v) is 6.15. The number of amides is 1. The van der Waals surface area contributed by atoms with Crippen LogP contribution < -0.4 is 10.5 Å². The zero-order valence-electron chi connectivity index (χ0n) is 8.46. The quantitative estimate of drug-likeness (QED) is 0.731. The Balaban J connectivity index is 2.70. The van der Waals surface area contributed by atoms with E-state index in [4.69, 9.17) is 5.73 Å². The first kappa shape index (κ1) is 12.3.